The van der Waals surface area contributed by atoms with Gasteiger partial charge in [-0.05, 0) is 59.8 Å². The molecule has 4 rings (SSSR count). The fraction of sp³-hybridized carbons (Fsp3) is 0.105. The van der Waals surface area contributed by atoms with Crippen LogP contribution in [0.3, 0.4) is 0 Å². The van der Waals surface area contributed by atoms with Gasteiger partial charge in [-0.3, -0.25) is 0 Å². The number of alkyl halides is 3. The normalized spacial score (nSPS) is 11.6. The molecule has 0 atom stereocenters. The fourth-order valence-corrected chi connectivity index (χ4v) is 4.38. The van der Waals surface area contributed by atoms with Crippen molar-refractivity contribution >= 4 is 33.0 Å². The second-order valence-electron chi connectivity index (χ2n) is 6.14. The van der Waals surface area contributed by atoms with Crippen molar-refractivity contribution < 1.29 is 17.9 Å². The van der Waals surface area contributed by atoms with E-state index in [4.69, 9.17) is 11.6 Å². The first kappa shape index (κ1) is 19.2. The topological polar surface area (TPSA) is 74.6 Å². The number of nitrogens with one attached hydrogen (secondary N) is 1. The number of fused-ring (bicyclic) bond motifs is 1. The van der Waals surface area contributed by atoms with Crippen LogP contribution in [-0.2, 0) is 0 Å². The number of nitriles is 1. The number of ether oxygens (including phenoxy) is 1. The van der Waals surface area contributed by atoms with Crippen molar-refractivity contribution in [1.29, 1.82) is 5.26 Å². The van der Waals surface area contributed by atoms with E-state index in [2.05, 4.69) is 20.1 Å². The van der Waals surface area contributed by atoms with Crippen LogP contribution < -0.4 is 4.74 Å². The number of rotatable bonds is 3. The average Bonchev–Trinajstić information content (AvgIpc) is 3.25. The van der Waals surface area contributed by atoms with Crippen LogP contribution in [0.1, 0.15) is 11.3 Å². The van der Waals surface area contributed by atoms with Crippen molar-refractivity contribution in [3.8, 4) is 33.5 Å². The van der Waals surface area contributed by atoms with Crippen LogP contribution in [-0.4, -0.2) is 21.8 Å². The number of benzene rings is 2. The van der Waals surface area contributed by atoms with E-state index in [1.165, 1.54) is 23.5 Å². The Balaban J connectivity index is 1.93. The summed E-state index contributed by atoms with van der Waals surface area (Å²) in [5, 5.41) is 20.5. The first-order valence-corrected chi connectivity index (χ1v) is 9.36. The molecule has 146 valence electrons. The zero-order valence-electron chi connectivity index (χ0n) is 14.6. The average molecular weight is 435 g/mol. The van der Waals surface area contributed by atoms with Crippen LogP contribution >= 0.6 is 22.9 Å². The summed E-state index contributed by atoms with van der Waals surface area (Å²) in [5.74, 6) is -0.410. The molecule has 2 heterocycles. The van der Waals surface area contributed by atoms with Crippen molar-refractivity contribution in [1.82, 2.24) is 15.4 Å². The van der Waals surface area contributed by atoms with Crippen LogP contribution in [0.2, 0.25) is 5.02 Å². The summed E-state index contributed by atoms with van der Waals surface area (Å²) in [6.07, 6.45) is -4.86. The van der Waals surface area contributed by atoms with Crippen LogP contribution in [0.4, 0.5) is 13.2 Å². The summed E-state index contributed by atoms with van der Waals surface area (Å²) in [6.45, 7) is 1.87. The molecular weight excluding hydrogens is 425 g/mol. The highest BCUT2D eigenvalue weighted by molar-refractivity contribution is 7.22. The van der Waals surface area contributed by atoms with Crippen molar-refractivity contribution in [2.45, 2.75) is 13.3 Å². The molecule has 0 unspecified atom stereocenters. The van der Waals surface area contributed by atoms with Gasteiger partial charge >= 0.3 is 6.36 Å². The van der Waals surface area contributed by atoms with E-state index in [0.717, 1.165) is 20.5 Å². The van der Waals surface area contributed by atoms with Gasteiger partial charge in [-0.15, -0.1) is 29.6 Å². The number of H-pyrrole nitrogens is 1. The van der Waals surface area contributed by atoms with Gasteiger partial charge in [-0.1, -0.05) is 16.8 Å². The maximum atomic E-state index is 12.9. The Bertz CT molecular complexity index is 1270. The molecule has 0 radical (unpaired) electrons. The summed E-state index contributed by atoms with van der Waals surface area (Å²) < 4.78 is 43.7. The van der Waals surface area contributed by atoms with E-state index >= 15 is 0 Å². The minimum absolute atomic E-state index is 0.0416. The van der Waals surface area contributed by atoms with E-state index < -0.39 is 12.1 Å². The molecule has 0 bridgehead atoms. The van der Waals surface area contributed by atoms with Gasteiger partial charge in [0.05, 0.1) is 0 Å². The predicted octanol–water partition coefficient (Wildman–Crippen LogP) is 6.09. The third-order valence-electron chi connectivity index (χ3n) is 4.23. The lowest BCUT2D eigenvalue weighted by atomic mass is 10.0. The summed E-state index contributed by atoms with van der Waals surface area (Å²) in [5.41, 5.74) is 1.84. The number of aryl methyl sites for hydroxylation is 1. The number of aromatic nitrogens is 3. The van der Waals surface area contributed by atoms with Crippen molar-refractivity contribution in [2.75, 3.05) is 0 Å². The van der Waals surface area contributed by atoms with E-state index in [9.17, 15) is 18.4 Å². The van der Waals surface area contributed by atoms with Gasteiger partial charge in [0, 0.05) is 20.2 Å². The van der Waals surface area contributed by atoms with Crippen LogP contribution in [0, 0.1) is 18.3 Å². The van der Waals surface area contributed by atoms with Gasteiger partial charge in [0.25, 0.3) is 0 Å². The Labute approximate surface area is 171 Å². The summed E-state index contributed by atoms with van der Waals surface area (Å²) in [7, 11) is 0. The number of hydrogen-bond acceptors (Lipinski definition) is 5. The molecule has 5 nitrogen and oxygen atoms in total. The number of thiophene rings is 1. The third kappa shape index (κ3) is 3.77. The SMILES string of the molecule is Cc1c(-c2cc(OC(F)(F)F)cc(-c3nn[nH]c3C#N)c2)sc2ccc(Cl)cc12. The maximum absolute atomic E-state index is 12.9. The quantitative estimate of drug-likeness (QED) is 0.423. The molecule has 0 spiro atoms. The second-order valence-corrected chi connectivity index (χ2v) is 7.63. The van der Waals surface area contributed by atoms with Crippen LogP contribution in [0.5, 0.6) is 5.75 Å². The monoisotopic (exact) mass is 434 g/mol. The van der Waals surface area contributed by atoms with Gasteiger partial charge in [0.2, 0.25) is 0 Å². The smallest absolute Gasteiger partial charge is 0.406 e. The molecular formula is C19H10ClF3N4OS. The van der Waals surface area contributed by atoms with Gasteiger partial charge in [0.15, 0.2) is 5.69 Å². The summed E-state index contributed by atoms with van der Waals surface area (Å²) in [6, 6.07) is 11.5. The number of halogens is 4. The Kier molecular flexibility index (Phi) is 4.68. The lowest BCUT2D eigenvalue weighted by Gasteiger charge is -2.12. The first-order valence-electron chi connectivity index (χ1n) is 8.16. The summed E-state index contributed by atoms with van der Waals surface area (Å²) >= 11 is 7.50. The summed E-state index contributed by atoms with van der Waals surface area (Å²) in [4.78, 5) is 0.762. The Morgan fingerprint density at radius 1 is 1.17 bits per heavy atom. The molecule has 0 amide bonds. The lowest BCUT2D eigenvalue weighted by Crippen LogP contribution is -2.17. The highest BCUT2D eigenvalue weighted by Crippen LogP contribution is 2.42. The van der Waals surface area contributed by atoms with Crippen molar-refractivity contribution in [3.05, 3.63) is 52.7 Å². The standard InChI is InChI=1S/C19H10ClF3N4OS/c1-9-14-7-12(20)2-3-16(14)29-18(9)11-4-10(17-15(8-24)25-27-26-17)5-13(6-11)28-19(21,22)23/h2-7H,1H3,(H,25,26,27). The Morgan fingerprint density at radius 3 is 2.66 bits per heavy atom. The second kappa shape index (κ2) is 7.06. The number of aromatic amines is 1. The van der Waals surface area contributed by atoms with Gasteiger partial charge < -0.3 is 4.74 Å². The molecule has 29 heavy (non-hydrogen) atoms. The predicted molar refractivity (Wildman–Crippen MR) is 104 cm³/mol. The molecule has 1 N–H and O–H groups in total. The molecule has 0 fully saturated rings. The Hall–Kier alpha value is -3.09. The minimum Gasteiger partial charge on any atom is -0.406 e. The molecule has 2 aromatic carbocycles. The van der Waals surface area contributed by atoms with Crippen molar-refractivity contribution in [2.24, 2.45) is 0 Å². The van der Waals surface area contributed by atoms with Gasteiger partial charge in [0.1, 0.15) is 17.5 Å². The number of hydrogen-bond donors (Lipinski definition) is 1. The van der Waals surface area contributed by atoms with Gasteiger partial charge in [-0.2, -0.15) is 5.26 Å². The van der Waals surface area contributed by atoms with E-state index in [1.54, 1.807) is 12.1 Å². The molecule has 4 aromatic rings. The molecule has 2 aromatic heterocycles. The molecule has 0 aliphatic carbocycles. The third-order valence-corrected chi connectivity index (χ3v) is 5.79. The zero-order chi connectivity index (χ0) is 20.8. The van der Waals surface area contributed by atoms with E-state index in [0.29, 0.717) is 10.6 Å². The molecule has 0 saturated carbocycles. The van der Waals surface area contributed by atoms with Crippen molar-refractivity contribution in [3.63, 3.8) is 0 Å². The molecule has 0 aliphatic heterocycles. The van der Waals surface area contributed by atoms with Crippen LogP contribution in [0.25, 0.3) is 31.8 Å². The fourth-order valence-electron chi connectivity index (χ4n) is 3.04. The highest BCUT2D eigenvalue weighted by Gasteiger charge is 2.31. The first-order chi connectivity index (χ1) is 13.7. The number of nitrogens with zero attached hydrogens (tertiary/aromatic N) is 3. The zero-order valence-corrected chi connectivity index (χ0v) is 16.2. The lowest BCUT2D eigenvalue weighted by molar-refractivity contribution is -0.274. The highest BCUT2D eigenvalue weighted by atomic mass is 35.5. The van der Waals surface area contributed by atoms with E-state index in [-0.39, 0.29) is 17.0 Å². The molecule has 10 heteroatoms. The minimum atomic E-state index is -4.86. The molecule has 0 aliphatic rings. The van der Waals surface area contributed by atoms with Gasteiger partial charge in [-0.25, -0.2) is 5.10 Å². The van der Waals surface area contributed by atoms with Crippen LogP contribution in [0.15, 0.2) is 36.4 Å². The molecule has 0 saturated heterocycles. The largest absolute Gasteiger partial charge is 0.573 e. The van der Waals surface area contributed by atoms with E-state index in [1.807, 2.05) is 25.1 Å². The maximum Gasteiger partial charge on any atom is 0.573 e. The Morgan fingerprint density at radius 2 is 1.93 bits per heavy atom.